The highest BCUT2D eigenvalue weighted by Gasteiger charge is 2.22. The van der Waals surface area contributed by atoms with Crippen LogP contribution in [0.2, 0.25) is 0 Å². The fourth-order valence-corrected chi connectivity index (χ4v) is 1.29. The van der Waals surface area contributed by atoms with Crippen molar-refractivity contribution in [2.75, 3.05) is 0 Å². The zero-order chi connectivity index (χ0) is 11.3. The molecule has 0 saturated heterocycles. The van der Waals surface area contributed by atoms with Gasteiger partial charge in [-0.2, -0.15) is 0 Å². The number of hydrogen-bond acceptors (Lipinski definition) is 3. The molecule has 1 aromatic carbocycles. The molecule has 82 valence electrons. The number of ether oxygens (including phenoxy) is 1. The lowest BCUT2D eigenvalue weighted by atomic mass is 10.1. The Hall–Kier alpha value is -1.32. The standard InChI is InChI=1S/C12H17NO2/c1-3-11(13)12(9(2)14)15-10-7-5-4-6-8-10/h3-9,11-12,14H,1,13H2,2H3. The van der Waals surface area contributed by atoms with E-state index in [0.29, 0.717) is 5.75 Å². The van der Waals surface area contributed by atoms with Gasteiger partial charge in [-0.25, -0.2) is 0 Å². The molecule has 3 unspecified atom stereocenters. The fourth-order valence-electron chi connectivity index (χ4n) is 1.29. The summed E-state index contributed by atoms with van der Waals surface area (Å²) in [6, 6.07) is 8.90. The smallest absolute Gasteiger partial charge is 0.143 e. The van der Waals surface area contributed by atoms with Gasteiger partial charge < -0.3 is 15.6 Å². The molecule has 0 aliphatic heterocycles. The van der Waals surface area contributed by atoms with Crippen LogP contribution in [-0.4, -0.2) is 23.4 Å². The molecule has 3 heteroatoms. The Kier molecular flexibility index (Phi) is 4.34. The summed E-state index contributed by atoms with van der Waals surface area (Å²) in [5.74, 6) is 0.695. The van der Waals surface area contributed by atoms with Crippen molar-refractivity contribution >= 4 is 0 Å². The molecule has 0 radical (unpaired) electrons. The molecule has 3 N–H and O–H groups in total. The molecular weight excluding hydrogens is 190 g/mol. The Labute approximate surface area is 90.2 Å². The highest BCUT2D eigenvalue weighted by atomic mass is 16.5. The second-order valence-electron chi connectivity index (χ2n) is 3.45. The van der Waals surface area contributed by atoms with Crippen LogP contribution in [0.1, 0.15) is 6.92 Å². The second kappa shape index (κ2) is 5.53. The van der Waals surface area contributed by atoms with E-state index in [9.17, 15) is 5.11 Å². The average Bonchev–Trinajstić information content (AvgIpc) is 2.26. The molecule has 0 spiro atoms. The van der Waals surface area contributed by atoms with Crippen molar-refractivity contribution in [1.82, 2.24) is 0 Å². The summed E-state index contributed by atoms with van der Waals surface area (Å²) in [5.41, 5.74) is 5.76. The van der Waals surface area contributed by atoms with E-state index in [4.69, 9.17) is 10.5 Å². The van der Waals surface area contributed by atoms with E-state index in [-0.39, 0.29) is 6.04 Å². The molecule has 3 nitrogen and oxygen atoms in total. The van der Waals surface area contributed by atoms with Crippen molar-refractivity contribution in [1.29, 1.82) is 0 Å². The minimum atomic E-state index is -0.641. The quantitative estimate of drug-likeness (QED) is 0.716. The van der Waals surface area contributed by atoms with Crippen LogP contribution in [0.3, 0.4) is 0 Å². The van der Waals surface area contributed by atoms with Gasteiger partial charge in [0.15, 0.2) is 0 Å². The first-order valence-corrected chi connectivity index (χ1v) is 4.93. The van der Waals surface area contributed by atoms with Crippen LogP contribution >= 0.6 is 0 Å². The zero-order valence-electron chi connectivity index (χ0n) is 8.84. The summed E-state index contributed by atoms with van der Waals surface area (Å²) in [6.07, 6.45) is 0.462. The lowest BCUT2D eigenvalue weighted by Crippen LogP contribution is -2.44. The SMILES string of the molecule is C=CC(N)C(Oc1ccccc1)C(C)O. The van der Waals surface area contributed by atoms with Gasteiger partial charge in [-0.15, -0.1) is 6.58 Å². The molecule has 0 aromatic heterocycles. The van der Waals surface area contributed by atoms with E-state index < -0.39 is 12.2 Å². The predicted octanol–water partition coefficient (Wildman–Crippen LogP) is 1.33. The van der Waals surface area contributed by atoms with Crippen molar-refractivity contribution in [2.24, 2.45) is 5.73 Å². The number of hydrogen-bond donors (Lipinski definition) is 2. The third kappa shape index (κ3) is 3.38. The molecule has 0 amide bonds. The number of para-hydroxylation sites is 1. The van der Waals surface area contributed by atoms with Crippen LogP contribution in [0.4, 0.5) is 0 Å². The Balaban J connectivity index is 2.71. The number of rotatable bonds is 5. The summed E-state index contributed by atoms with van der Waals surface area (Å²) >= 11 is 0. The Bertz CT molecular complexity index is 298. The maximum absolute atomic E-state index is 9.52. The van der Waals surface area contributed by atoms with Gasteiger partial charge in [0.25, 0.3) is 0 Å². The summed E-state index contributed by atoms with van der Waals surface area (Å²) in [4.78, 5) is 0. The highest BCUT2D eigenvalue weighted by molar-refractivity contribution is 5.21. The molecule has 0 bridgehead atoms. The molecule has 1 rings (SSSR count). The van der Waals surface area contributed by atoms with Gasteiger partial charge in [-0.1, -0.05) is 24.3 Å². The van der Waals surface area contributed by atoms with Gasteiger partial charge in [0.1, 0.15) is 11.9 Å². The molecular formula is C12H17NO2. The number of benzene rings is 1. The third-order valence-electron chi connectivity index (χ3n) is 2.14. The first kappa shape index (κ1) is 11.8. The van der Waals surface area contributed by atoms with Crippen molar-refractivity contribution in [3.63, 3.8) is 0 Å². The predicted molar refractivity (Wildman–Crippen MR) is 60.7 cm³/mol. The van der Waals surface area contributed by atoms with Crippen LogP contribution < -0.4 is 10.5 Å². The summed E-state index contributed by atoms with van der Waals surface area (Å²) in [5, 5.41) is 9.52. The van der Waals surface area contributed by atoms with E-state index >= 15 is 0 Å². The van der Waals surface area contributed by atoms with Gasteiger partial charge in [0.2, 0.25) is 0 Å². The normalized spacial score (nSPS) is 16.5. The molecule has 15 heavy (non-hydrogen) atoms. The van der Waals surface area contributed by atoms with Gasteiger partial charge in [0.05, 0.1) is 12.1 Å². The molecule has 0 saturated carbocycles. The topological polar surface area (TPSA) is 55.5 Å². The minimum Gasteiger partial charge on any atom is -0.486 e. The maximum Gasteiger partial charge on any atom is 0.143 e. The van der Waals surface area contributed by atoms with E-state index in [2.05, 4.69) is 6.58 Å². The first-order chi connectivity index (χ1) is 7.15. The van der Waals surface area contributed by atoms with E-state index in [1.165, 1.54) is 0 Å². The monoisotopic (exact) mass is 207 g/mol. The number of aliphatic hydroxyl groups is 1. The number of nitrogens with two attached hydrogens (primary N) is 1. The lowest BCUT2D eigenvalue weighted by molar-refractivity contribution is 0.0414. The lowest BCUT2D eigenvalue weighted by Gasteiger charge is -2.25. The van der Waals surface area contributed by atoms with Crippen molar-refractivity contribution in [3.05, 3.63) is 43.0 Å². The van der Waals surface area contributed by atoms with Crippen LogP contribution in [0.25, 0.3) is 0 Å². The third-order valence-corrected chi connectivity index (χ3v) is 2.14. The first-order valence-electron chi connectivity index (χ1n) is 4.93. The molecule has 0 fully saturated rings. The van der Waals surface area contributed by atoms with E-state index in [1.807, 2.05) is 30.3 Å². The zero-order valence-corrected chi connectivity index (χ0v) is 8.84. The Morgan fingerprint density at radius 3 is 2.47 bits per heavy atom. The molecule has 1 aromatic rings. The summed E-state index contributed by atoms with van der Waals surface area (Å²) < 4.78 is 5.58. The highest BCUT2D eigenvalue weighted by Crippen LogP contribution is 2.14. The maximum atomic E-state index is 9.52. The average molecular weight is 207 g/mol. The van der Waals surface area contributed by atoms with Crippen molar-refractivity contribution in [3.8, 4) is 5.75 Å². The van der Waals surface area contributed by atoms with E-state index in [0.717, 1.165) is 0 Å². The second-order valence-corrected chi connectivity index (χ2v) is 3.45. The minimum absolute atomic E-state index is 0.384. The van der Waals surface area contributed by atoms with Crippen molar-refractivity contribution in [2.45, 2.75) is 25.2 Å². The summed E-state index contributed by atoms with van der Waals surface area (Å²) in [6.45, 7) is 5.24. The molecule has 3 atom stereocenters. The van der Waals surface area contributed by atoms with Gasteiger partial charge in [0, 0.05) is 0 Å². The molecule has 0 aliphatic rings. The fraction of sp³-hybridized carbons (Fsp3) is 0.333. The number of aliphatic hydroxyl groups excluding tert-OH is 1. The van der Waals surface area contributed by atoms with Crippen LogP contribution in [0.15, 0.2) is 43.0 Å². The van der Waals surface area contributed by atoms with Crippen LogP contribution in [0, 0.1) is 0 Å². The van der Waals surface area contributed by atoms with Gasteiger partial charge in [-0.05, 0) is 19.1 Å². The Morgan fingerprint density at radius 1 is 1.40 bits per heavy atom. The Morgan fingerprint density at radius 2 is 2.00 bits per heavy atom. The largest absolute Gasteiger partial charge is 0.486 e. The summed E-state index contributed by atoms with van der Waals surface area (Å²) in [7, 11) is 0. The van der Waals surface area contributed by atoms with Crippen LogP contribution in [0.5, 0.6) is 5.75 Å². The van der Waals surface area contributed by atoms with Crippen molar-refractivity contribution < 1.29 is 9.84 Å². The van der Waals surface area contributed by atoms with Crippen LogP contribution in [-0.2, 0) is 0 Å². The molecule has 0 aliphatic carbocycles. The van der Waals surface area contributed by atoms with Gasteiger partial charge >= 0.3 is 0 Å². The van der Waals surface area contributed by atoms with Gasteiger partial charge in [-0.3, -0.25) is 0 Å². The molecule has 0 heterocycles. The van der Waals surface area contributed by atoms with E-state index in [1.54, 1.807) is 13.0 Å².